The third kappa shape index (κ3) is 2.97. The van der Waals surface area contributed by atoms with Gasteiger partial charge in [0.25, 0.3) is 12.3 Å². The van der Waals surface area contributed by atoms with Crippen molar-refractivity contribution in [3.63, 3.8) is 0 Å². The predicted molar refractivity (Wildman–Crippen MR) is 97.5 cm³/mol. The molecule has 0 saturated heterocycles. The van der Waals surface area contributed by atoms with Crippen LogP contribution >= 0.6 is 0 Å². The molecule has 0 bridgehead atoms. The van der Waals surface area contributed by atoms with E-state index in [1.165, 1.54) is 6.07 Å². The number of aromatic amines is 1. The third-order valence-electron chi connectivity index (χ3n) is 5.11. The molecule has 1 aromatic heterocycles. The highest BCUT2D eigenvalue weighted by atomic mass is 19.3. The Morgan fingerprint density at radius 1 is 1.38 bits per heavy atom. The number of benzene rings is 1. The Morgan fingerprint density at radius 3 is 2.69 bits per heavy atom. The van der Waals surface area contributed by atoms with Gasteiger partial charge < -0.3 is 15.0 Å². The van der Waals surface area contributed by atoms with Gasteiger partial charge in [0.1, 0.15) is 11.4 Å². The summed E-state index contributed by atoms with van der Waals surface area (Å²) in [5, 5.41) is 2.83. The molecular formula is C20H24F2N2O2. The molecule has 2 aromatic rings. The fraction of sp³-hybridized carbons (Fsp3) is 0.450. The lowest BCUT2D eigenvalue weighted by Crippen LogP contribution is -2.17. The smallest absolute Gasteiger partial charge is 0.272 e. The van der Waals surface area contributed by atoms with Crippen LogP contribution in [-0.2, 0) is 5.41 Å². The second-order valence-electron chi connectivity index (χ2n) is 7.63. The van der Waals surface area contributed by atoms with Crippen molar-refractivity contribution in [1.82, 2.24) is 4.98 Å². The monoisotopic (exact) mass is 362 g/mol. The molecule has 0 spiro atoms. The van der Waals surface area contributed by atoms with Gasteiger partial charge in [-0.05, 0) is 48.4 Å². The lowest BCUT2D eigenvalue weighted by Gasteiger charge is -2.22. The van der Waals surface area contributed by atoms with E-state index in [4.69, 9.17) is 4.74 Å². The normalized spacial score (nSPS) is 18.1. The van der Waals surface area contributed by atoms with Crippen LogP contribution in [0, 0.1) is 6.92 Å². The summed E-state index contributed by atoms with van der Waals surface area (Å²) in [5.74, 6) is 0.458. The van der Waals surface area contributed by atoms with E-state index in [9.17, 15) is 13.6 Å². The number of hydrogen-bond donors (Lipinski definition) is 2. The number of fused-ring (bicyclic) bond motifs is 1. The number of aromatic nitrogens is 1. The molecule has 2 N–H and O–H groups in total. The van der Waals surface area contributed by atoms with E-state index in [2.05, 4.69) is 31.1 Å². The standard InChI is InChI=1S/C20H24F2N2O2/c1-10-9-20(3,4)16-14(26-5)7-6-13(15(10)16)24-19(25)17-12(18(21)22)8-11(2)23-17/h6-8,10,18,23H,9H2,1-5H3,(H,24,25). The molecule has 1 aliphatic rings. The van der Waals surface area contributed by atoms with Gasteiger partial charge in [-0.25, -0.2) is 8.78 Å². The minimum Gasteiger partial charge on any atom is -0.496 e. The van der Waals surface area contributed by atoms with Gasteiger partial charge in [0, 0.05) is 22.5 Å². The van der Waals surface area contributed by atoms with Crippen LogP contribution in [0.3, 0.4) is 0 Å². The van der Waals surface area contributed by atoms with Crippen LogP contribution in [0.15, 0.2) is 18.2 Å². The molecular weight excluding hydrogens is 338 g/mol. The Balaban J connectivity index is 2.02. The molecule has 4 nitrogen and oxygen atoms in total. The molecule has 0 aliphatic heterocycles. The van der Waals surface area contributed by atoms with Crippen LogP contribution < -0.4 is 10.1 Å². The predicted octanol–water partition coefficient (Wildman–Crippen LogP) is 5.31. The Labute approximate surface area is 151 Å². The summed E-state index contributed by atoms with van der Waals surface area (Å²) in [6.07, 6.45) is -1.78. The van der Waals surface area contributed by atoms with Crippen LogP contribution in [0.1, 0.15) is 72.4 Å². The number of nitrogens with one attached hydrogen (secondary N) is 2. The molecule has 1 atom stereocenters. The third-order valence-corrected chi connectivity index (χ3v) is 5.11. The van der Waals surface area contributed by atoms with Crippen molar-refractivity contribution in [2.24, 2.45) is 0 Å². The molecule has 1 amide bonds. The van der Waals surface area contributed by atoms with Gasteiger partial charge in [0.05, 0.1) is 7.11 Å². The highest BCUT2D eigenvalue weighted by molar-refractivity contribution is 6.05. The largest absolute Gasteiger partial charge is 0.496 e. The zero-order valence-corrected chi connectivity index (χ0v) is 15.7. The number of amides is 1. The maximum Gasteiger partial charge on any atom is 0.272 e. The van der Waals surface area contributed by atoms with Gasteiger partial charge in [-0.1, -0.05) is 20.8 Å². The lowest BCUT2D eigenvalue weighted by molar-refractivity contribution is 0.100. The highest BCUT2D eigenvalue weighted by Gasteiger charge is 2.39. The van der Waals surface area contributed by atoms with Crippen LogP contribution in [0.2, 0.25) is 0 Å². The van der Waals surface area contributed by atoms with E-state index in [1.54, 1.807) is 20.1 Å². The average Bonchev–Trinajstić information content (AvgIpc) is 3.06. The van der Waals surface area contributed by atoms with Crippen molar-refractivity contribution < 1.29 is 18.3 Å². The zero-order valence-electron chi connectivity index (χ0n) is 15.7. The number of halogens is 2. The van der Waals surface area contributed by atoms with E-state index in [-0.39, 0.29) is 22.6 Å². The second-order valence-corrected chi connectivity index (χ2v) is 7.63. The van der Waals surface area contributed by atoms with Crippen molar-refractivity contribution in [3.05, 3.63) is 46.3 Å². The first-order valence-corrected chi connectivity index (χ1v) is 8.66. The summed E-state index contributed by atoms with van der Waals surface area (Å²) < 4.78 is 31.9. The van der Waals surface area contributed by atoms with Crippen molar-refractivity contribution in [2.45, 2.75) is 51.9 Å². The molecule has 0 fully saturated rings. The van der Waals surface area contributed by atoms with Gasteiger partial charge >= 0.3 is 0 Å². The number of carbonyl (C=O) groups is 1. The summed E-state index contributed by atoms with van der Waals surface area (Å²) in [6, 6.07) is 4.91. The van der Waals surface area contributed by atoms with Gasteiger partial charge in [-0.15, -0.1) is 0 Å². The van der Waals surface area contributed by atoms with Crippen LogP contribution in [-0.4, -0.2) is 18.0 Å². The number of rotatable bonds is 4. The van der Waals surface area contributed by atoms with E-state index in [0.29, 0.717) is 11.4 Å². The molecule has 1 aromatic carbocycles. The summed E-state index contributed by atoms with van der Waals surface area (Å²) in [7, 11) is 1.63. The fourth-order valence-electron chi connectivity index (χ4n) is 4.21. The second kappa shape index (κ2) is 6.41. The zero-order chi connectivity index (χ0) is 19.2. The number of methoxy groups -OCH3 is 1. The molecule has 6 heteroatoms. The number of hydrogen-bond acceptors (Lipinski definition) is 2. The molecule has 0 saturated carbocycles. The fourth-order valence-corrected chi connectivity index (χ4v) is 4.21. The summed E-state index contributed by atoms with van der Waals surface area (Å²) in [5.41, 5.74) is 2.81. The maximum absolute atomic E-state index is 13.2. The number of H-pyrrole nitrogens is 1. The van der Waals surface area contributed by atoms with Gasteiger partial charge in [-0.2, -0.15) is 0 Å². The first kappa shape index (κ1) is 18.4. The van der Waals surface area contributed by atoms with E-state index in [0.717, 1.165) is 23.3 Å². The number of ether oxygens (including phenoxy) is 1. The van der Waals surface area contributed by atoms with Crippen molar-refractivity contribution in [2.75, 3.05) is 12.4 Å². The molecule has 3 rings (SSSR count). The summed E-state index contributed by atoms with van der Waals surface area (Å²) in [4.78, 5) is 15.4. The minimum atomic E-state index is -2.71. The molecule has 26 heavy (non-hydrogen) atoms. The molecule has 1 heterocycles. The SMILES string of the molecule is COc1ccc(NC(=O)c2[nH]c(C)cc2C(F)F)c2c1C(C)(C)CC2C. The van der Waals surface area contributed by atoms with Crippen LogP contribution in [0.4, 0.5) is 14.5 Å². The summed E-state index contributed by atoms with van der Waals surface area (Å²) >= 11 is 0. The number of anilines is 1. The number of carbonyl (C=O) groups excluding carboxylic acids is 1. The molecule has 0 radical (unpaired) electrons. The average molecular weight is 362 g/mol. The first-order valence-electron chi connectivity index (χ1n) is 8.66. The molecule has 140 valence electrons. The van der Waals surface area contributed by atoms with Crippen LogP contribution in [0.5, 0.6) is 5.75 Å². The van der Waals surface area contributed by atoms with E-state index >= 15 is 0 Å². The molecule has 1 aliphatic carbocycles. The Bertz CT molecular complexity index is 856. The van der Waals surface area contributed by atoms with Gasteiger partial charge in [0.15, 0.2) is 0 Å². The topological polar surface area (TPSA) is 54.1 Å². The quantitative estimate of drug-likeness (QED) is 0.775. The van der Waals surface area contributed by atoms with Gasteiger partial charge in [-0.3, -0.25) is 4.79 Å². The lowest BCUT2D eigenvalue weighted by atomic mass is 9.85. The van der Waals surface area contributed by atoms with E-state index in [1.807, 2.05) is 6.07 Å². The minimum absolute atomic E-state index is 0.0853. The van der Waals surface area contributed by atoms with Crippen molar-refractivity contribution >= 4 is 11.6 Å². The summed E-state index contributed by atoms with van der Waals surface area (Å²) in [6.45, 7) is 8.05. The van der Waals surface area contributed by atoms with Crippen molar-refractivity contribution in [3.8, 4) is 5.75 Å². The molecule has 1 unspecified atom stereocenters. The van der Waals surface area contributed by atoms with Gasteiger partial charge in [0.2, 0.25) is 0 Å². The Morgan fingerprint density at radius 2 is 2.08 bits per heavy atom. The van der Waals surface area contributed by atoms with E-state index < -0.39 is 12.3 Å². The first-order chi connectivity index (χ1) is 12.2. The number of aryl methyl sites for hydroxylation is 1. The Kier molecular flexibility index (Phi) is 4.54. The van der Waals surface area contributed by atoms with Crippen molar-refractivity contribution in [1.29, 1.82) is 0 Å². The van der Waals surface area contributed by atoms with Crippen LogP contribution in [0.25, 0.3) is 0 Å². The maximum atomic E-state index is 13.2. The number of alkyl halides is 2. The Hall–Kier alpha value is -2.37. The highest BCUT2D eigenvalue weighted by Crippen LogP contribution is 2.52.